The average Bonchev–Trinajstić information content (AvgIpc) is 2.93. The van der Waals surface area contributed by atoms with E-state index in [2.05, 4.69) is 0 Å². The third kappa shape index (κ3) is 3.09. The molecule has 0 saturated carbocycles. The fraction of sp³-hybridized carbons (Fsp3) is 0.174. The molecule has 0 saturated heterocycles. The van der Waals surface area contributed by atoms with Crippen LogP contribution >= 0.6 is 0 Å². The molecule has 3 aromatic rings. The summed E-state index contributed by atoms with van der Waals surface area (Å²) in [5.74, 6) is -6.30. The predicted molar refractivity (Wildman–Crippen MR) is 101 cm³/mol. The monoisotopic (exact) mass is 399 g/mol. The highest BCUT2D eigenvalue weighted by Crippen LogP contribution is 2.45. The molecule has 1 aliphatic heterocycles. The topological polar surface area (TPSA) is 20.3 Å². The van der Waals surface area contributed by atoms with E-state index in [1.807, 2.05) is 30.3 Å². The summed E-state index contributed by atoms with van der Waals surface area (Å²) >= 11 is 0. The fourth-order valence-corrected chi connectivity index (χ4v) is 3.92. The molecule has 0 bridgehead atoms. The van der Waals surface area contributed by atoms with Gasteiger partial charge < -0.3 is 4.90 Å². The summed E-state index contributed by atoms with van der Waals surface area (Å²) in [5, 5.41) is 0. The highest BCUT2D eigenvalue weighted by molar-refractivity contribution is 6.08. The van der Waals surface area contributed by atoms with Crippen molar-refractivity contribution in [3.8, 4) is 0 Å². The van der Waals surface area contributed by atoms with E-state index in [0.29, 0.717) is 11.3 Å². The van der Waals surface area contributed by atoms with E-state index in [1.165, 1.54) is 4.90 Å². The van der Waals surface area contributed by atoms with Gasteiger partial charge in [-0.05, 0) is 30.5 Å². The number of nitrogens with zero attached hydrogens (tertiary/aromatic N) is 1. The second-order valence-electron chi connectivity index (χ2n) is 7.35. The number of halogens is 4. The van der Waals surface area contributed by atoms with Gasteiger partial charge in [0.2, 0.25) is 5.91 Å². The Hall–Kier alpha value is -3.15. The van der Waals surface area contributed by atoms with E-state index < -0.39 is 40.7 Å². The van der Waals surface area contributed by atoms with Crippen LogP contribution in [-0.4, -0.2) is 5.91 Å². The second-order valence-corrected chi connectivity index (χ2v) is 7.35. The number of benzene rings is 3. The van der Waals surface area contributed by atoms with Crippen molar-refractivity contribution in [2.75, 3.05) is 4.90 Å². The predicted octanol–water partition coefficient (Wildman–Crippen LogP) is 5.29. The highest BCUT2D eigenvalue weighted by Gasteiger charge is 2.48. The van der Waals surface area contributed by atoms with E-state index in [0.717, 1.165) is 5.56 Å². The van der Waals surface area contributed by atoms with E-state index >= 15 is 0 Å². The number of para-hydroxylation sites is 1. The molecule has 0 radical (unpaired) electrons. The molecule has 4 rings (SSSR count). The van der Waals surface area contributed by atoms with Crippen molar-refractivity contribution in [2.45, 2.75) is 25.3 Å². The smallest absolute Gasteiger partial charge is 0.238 e. The lowest BCUT2D eigenvalue weighted by molar-refractivity contribution is -0.122. The summed E-state index contributed by atoms with van der Waals surface area (Å²) in [6, 6.07) is 16.4. The Balaban J connectivity index is 1.79. The Morgan fingerprint density at radius 1 is 0.862 bits per heavy atom. The van der Waals surface area contributed by atoms with E-state index in [4.69, 9.17) is 0 Å². The Bertz CT molecular complexity index is 1070. The molecule has 2 nitrogen and oxygen atoms in total. The van der Waals surface area contributed by atoms with Gasteiger partial charge in [-0.3, -0.25) is 4.79 Å². The van der Waals surface area contributed by atoms with Gasteiger partial charge in [0.25, 0.3) is 0 Å². The Labute approximate surface area is 165 Å². The normalized spacial score (nSPS) is 18.2. The summed E-state index contributed by atoms with van der Waals surface area (Å²) in [5.41, 5.74) is -0.0810. The quantitative estimate of drug-likeness (QED) is 0.431. The van der Waals surface area contributed by atoms with Crippen LogP contribution in [0.1, 0.15) is 23.6 Å². The summed E-state index contributed by atoms with van der Waals surface area (Å²) in [4.78, 5) is 14.9. The molecular weight excluding hydrogens is 382 g/mol. The minimum absolute atomic E-state index is 0.169. The van der Waals surface area contributed by atoms with Crippen LogP contribution < -0.4 is 4.90 Å². The van der Waals surface area contributed by atoms with E-state index in [9.17, 15) is 22.4 Å². The van der Waals surface area contributed by atoms with Gasteiger partial charge in [0, 0.05) is 17.3 Å². The van der Waals surface area contributed by atoms with Gasteiger partial charge in [-0.15, -0.1) is 0 Å². The SMILES string of the molecule is C[C@]1(Cc2c(F)c(F)cc(F)c2F)C(=O)N(Cc2ccccc2)c2ccccc21. The van der Waals surface area contributed by atoms with Crippen molar-refractivity contribution in [3.05, 3.63) is 101 Å². The molecule has 1 atom stereocenters. The molecular formula is C23H17F4NO. The molecule has 6 heteroatoms. The summed E-state index contributed by atoms with van der Waals surface area (Å²) in [6.45, 7) is 1.82. The molecule has 0 fully saturated rings. The third-order valence-electron chi connectivity index (χ3n) is 5.42. The first-order valence-electron chi connectivity index (χ1n) is 9.10. The van der Waals surface area contributed by atoms with Crippen molar-refractivity contribution in [1.29, 1.82) is 0 Å². The second kappa shape index (κ2) is 7.03. The zero-order valence-corrected chi connectivity index (χ0v) is 15.6. The molecule has 0 spiro atoms. The van der Waals surface area contributed by atoms with Gasteiger partial charge in [0.15, 0.2) is 23.3 Å². The lowest BCUT2D eigenvalue weighted by atomic mass is 9.78. The minimum atomic E-state index is -1.48. The maximum atomic E-state index is 14.3. The first-order valence-corrected chi connectivity index (χ1v) is 9.10. The van der Waals surface area contributed by atoms with Crippen molar-refractivity contribution >= 4 is 11.6 Å². The number of carbonyl (C=O) groups excluding carboxylic acids is 1. The number of anilines is 1. The lowest BCUT2D eigenvalue weighted by Crippen LogP contribution is -2.40. The van der Waals surface area contributed by atoms with Gasteiger partial charge >= 0.3 is 0 Å². The maximum absolute atomic E-state index is 14.3. The van der Waals surface area contributed by atoms with Gasteiger partial charge in [-0.2, -0.15) is 0 Å². The number of rotatable bonds is 4. The van der Waals surface area contributed by atoms with Crippen LogP contribution in [0.2, 0.25) is 0 Å². The molecule has 1 amide bonds. The molecule has 0 aliphatic carbocycles. The largest absolute Gasteiger partial charge is 0.307 e. The fourth-order valence-electron chi connectivity index (χ4n) is 3.92. The zero-order valence-electron chi connectivity index (χ0n) is 15.6. The van der Waals surface area contributed by atoms with Crippen molar-refractivity contribution in [1.82, 2.24) is 0 Å². The Morgan fingerprint density at radius 3 is 2.10 bits per heavy atom. The number of fused-ring (bicyclic) bond motifs is 1. The number of carbonyl (C=O) groups is 1. The molecule has 0 unspecified atom stereocenters. The maximum Gasteiger partial charge on any atom is 0.238 e. The van der Waals surface area contributed by atoms with Crippen molar-refractivity contribution < 1.29 is 22.4 Å². The van der Waals surface area contributed by atoms with Crippen LogP contribution in [0, 0.1) is 23.3 Å². The van der Waals surface area contributed by atoms with Gasteiger partial charge in [0.05, 0.1) is 12.0 Å². The molecule has 29 heavy (non-hydrogen) atoms. The molecule has 3 aromatic carbocycles. The van der Waals surface area contributed by atoms with Crippen molar-refractivity contribution in [3.63, 3.8) is 0 Å². The van der Waals surface area contributed by atoms with Crippen LogP contribution in [0.5, 0.6) is 0 Å². The molecule has 1 heterocycles. The van der Waals surface area contributed by atoms with E-state index in [-0.39, 0.29) is 18.5 Å². The van der Waals surface area contributed by atoms with Gasteiger partial charge in [-0.1, -0.05) is 48.5 Å². The summed E-state index contributed by atoms with van der Waals surface area (Å²) in [7, 11) is 0. The van der Waals surface area contributed by atoms with Crippen LogP contribution in [0.3, 0.4) is 0 Å². The van der Waals surface area contributed by atoms with Crippen LogP contribution in [0.4, 0.5) is 23.2 Å². The molecule has 148 valence electrons. The highest BCUT2D eigenvalue weighted by atomic mass is 19.2. The molecule has 0 N–H and O–H groups in total. The lowest BCUT2D eigenvalue weighted by Gasteiger charge is -2.25. The summed E-state index contributed by atoms with van der Waals surface area (Å²) in [6.07, 6.45) is -0.500. The standard InChI is InChI=1S/C23H17F4NO/c1-23(12-15-20(26)17(24)11-18(25)21(15)27)16-9-5-6-10-19(16)28(22(23)29)13-14-7-3-2-4-8-14/h2-11H,12-13H2,1H3/t23-/m1/s1. The molecule has 1 aliphatic rings. The van der Waals surface area contributed by atoms with Crippen molar-refractivity contribution in [2.24, 2.45) is 0 Å². The Morgan fingerprint density at radius 2 is 1.45 bits per heavy atom. The van der Waals surface area contributed by atoms with E-state index in [1.54, 1.807) is 31.2 Å². The Kier molecular flexibility index (Phi) is 4.65. The first kappa shape index (κ1) is 19.2. The van der Waals surface area contributed by atoms with Crippen LogP contribution in [0.15, 0.2) is 60.7 Å². The van der Waals surface area contributed by atoms with Crippen LogP contribution in [0.25, 0.3) is 0 Å². The first-order chi connectivity index (χ1) is 13.8. The number of amides is 1. The number of hydrogen-bond donors (Lipinski definition) is 0. The molecule has 0 aromatic heterocycles. The van der Waals surface area contributed by atoms with Crippen LogP contribution in [-0.2, 0) is 23.2 Å². The van der Waals surface area contributed by atoms with Gasteiger partial charge in [0.1, 0.15) is 0 Å². The number of hydrogen-bond acceptors (Lipinski definition) is 1. The minimum Gasteiger partial charge on any atom is -0.307 e. The zero-order chi connectivity index (χ0) is 20.8. The third-order valence-corrected chi connectivity index (χ3v) is 5.42. The summed E-state index contributed by atoms with van der Waals surface area (Å²) < 4.78 is 56.0. The average molecular weight is 399 g/mol. The van der Waals surface area contributed by atoms with Gasteiger partial charge in [-0.25, -0.2) is 17.6 Å².